The van der Waals surface area contributed by atoms with Crippen molar-refractivity contribution in [2.75, 3.05) is 6.61 Å². The minimum absolute atomic E-state index is 0.0743. The van der Waals surface area contributed by atoms with Crippen molar-refractivity contribution in [2.24, 2.45) is 11.7 Å². The van der Waals surface area contributed by atoms with Crippen molar-refractivity contribution in [2.45, 2.75) is 39.3 Å². The van der Waals surface area contributed by atoms with Gasteiger partial charge in [0.25, 0.3) is 0 Å². The lowest BCUT2D eigenvalue weighted by molar-refractivity contribution is 0.135. The summed E-state index contributed by atoms with van der Waals surface area (Å²) in [4.78, 5) is 0. The zero-order valence-corrected chi connectivity index (χ0v) is 11.3. The van der Waals surface area contributed by atoms with Gasteiger partial charge in [0.05, 0.1) is 12.7 Å². The summed E-state index contributed by atoms with van der Waals surface area (Å²) in [6.07, 6.45) is -0.00125. The molecule has 1 aromatic rings. The Labute approximate surface area is 108 Å². The van der Waals surface area contributed by atoms with E-state index in [4.69, 9.17) is 10.5 Å². The molecule has 4 nitrogen and oxygen atoms in total. The molecular weight excluding hydrogens is 230 g/mol. The van der Waals surface area contributed by atoms with Crippen LogP contribution in [-0.4, -0.2) is 22.9 Å². The molecule has 0 bridgehead atoms. The van der Waals surface area contributed by atoms with Gasteiger partial charge in [0, 0.05) is 6.04 Å². The average molecular weight is 253 g/mol. The van der Waals surface area contributed by atoms with Gasteiger partial charge in [0.1, 0.15) is 0 Å². The fraction of sp³-hybridized carbons (Fsp3) is 0.571. The summed E-state index contributed by atoms with van der Waals surface area (Å²) in [7, 11) is 0. The summed E-state index contributed by atoms with van der Waals surface area (Å²) in [5.74, 6) is 0.883. The molecule has 1 aromatic carbocycles. The number of phenolic OH excluding ortho intramolecular Hbond substituents is 1. The lowest BCUT2D eigenvalue weighted by atomic mass is 9.95. The first-order valence-corrected chi connectivity index (χ1v) is 6.35. The van der Waals surface area contributed by atoms with Crippen LogP contribution >= 0.6 is 0 Å². The van der Waals surface area contributed by atoms with E-state index in [9.17, 15) is 10.2 Å². The van der Waals surface area contributed by atoms with E-state index < -0.39 is 6.10 Å². The van der Waals surface area contributed by atoms with Crippen LogP contribution in [-0.2, 0) is 0 Å². The monoisotopic (exact) mass is 253 g/mol. The molecule has 0 saturated heterocycles. The van der Waals surface area contributed by atoms with Gasteiger partial charge in [0.2, 0.25) is 0 Å². The van der Waals surface area contributed by atoms with Gasteiger partial charge in [-0.3, -0.25) is 0 Å². The summed E-state index contributed by atoms with van der Waals surface area (Å²) in [6, 6.07) is 4.52. The number of ether oxygens (including phenoxy) is 1. The predicted octanol–water partition coefficient (Wildman–Crippen LogP) is 2.20. The molecule has 2 atom stereocenters. The van der Waals surface area contributed by atoms with Crippen LogP contribution in [0.15, 0.2) is 18.2 Å². The van der Waals surface area contributed by atoms with Crippen LogP contribution in [0.5, 0.6) is 11.5 Å². The van der Waals surface area contributed by atoms with Gasteiger partial charge in [-0.1, -0.05) is 19.9 Å². The number of phenols is 1. The zero-order valence-electron chi connectivity index (χ0n) is 11.3. The first-order chi connectivity index (χ1) is 8.45. The third-order valence-corrected chi connectivity index (χ3v) is 2.77. The van der Waals surface area contributed by atoms with Gasteiger partial charge in [0.15, 0.2) is 11.5 Å². The summed E-state index contributed by atoms with van der Waals surface area (Å²) in [6.45, 7) is 6.43. The van der Waals surface area contributed by atoms with Crippen molar-refractivity contribution in [3.63, 3.8) is 0 Å². The molecular formula is C14H23NO3. The number of hydrogen-bond acceptors (Lipinski definition) is 4. The van der Waals surface area contributed by atoms with E-state index >= 15 is 0 Å². The van der Waals surface area contributed by atoms with Crippen molar-refractivity contribution < 1.29 is 14.9 Å². The molecule has 102 valence electrons. The summed E-state index contributed by atoms with van der Waals surface area (Å²) >= 11 is 0. The Morgan fingerprint density at radius 1 is 1.33 bits per heavy atom. The van der Waals surface area contributed by atoms with Crippen LogP contribution in [0.1, 0.15) is 38.9 Å². The Morgan fingerprint density at radius 3 is 2.56 bits per heavy atom. The van der Waals surface area contributed by atoms with Gasteiger partial charge in [-0.2, -0.15) is 0 Å². The molecule has 4 N–H and O–H groups in total. The second kappa shape index (κ2) is 6.61. The van der Waals surface area contributed by atoms with Crippen molar-refractivity contribution in [3.05, 3.63) is 23.8 Å². The van der Waals surface area contributed by atoms with E-state index in [2.05, 4.69) is 13.8 Å². The van der Waals surface area contributed by atoms with Crippen LogP contribution in [0.4, 0.5) is 0 Å². The molecule has 0 aliphatic heterocycles. The molecule has 0 fully saturated rings. The molecule has 0 radical (unpaired) electrons. The van der Waals surface area contributed by atoms with Crippen LogP contribution in [0.3, 0.4) is 0 Å². The highest BCUT2D eigenvalue weighted by atomic mass is 16.5. The number of nitrogens with two attached hydrogens (primary N) is 1. The number of hydrogen-bond donors (Lipinski definition) is 3. The Morgan fingerprint density at radius 2 is 2.00 bits per heavy atom. The molecule has 2 unspecified atom stereocenters. The maximum Gasteiger partial charge on any atom is 0.161 e. The van der Waals surface area contributed by atoms with Crippen molar-refractivity contribution in [3.8, 4) is 11.5 Å². The molecule has 0 saturated carbocycles. The third-order valence-electron chi connectivity index (χ3n) is 2.77. The standard InChI is InChI=1S/C14H23NO3/c1-4-18-13-8-10(5-6-12(13)16)14(17)11(15)7-9(2)3/h5-6,8-9,11,14,16-17H,4,7,15H2,1-3H3. The number of rotatable bonds is 6. The maximum atomic E-state index is 10.2. The van der Waals surface area contributed by atoms with Crippen LogP contribution in [0.2, 0.25) is 0 Å². The van der Waals surface area contributed by atoms with Crippen LogP contribution in [0, 0.1) is 5.92 Å². The summed E-state index contributed by atoms with van der Waals surface area (Å²) < 4.78 is 5.29. The predicted molar refractivity (Wildman–Crippen MR) is 71.7 cm³/mol. The van der Waals surface area contributed by atoms with E-state index in [1.807, 2.05) is 6.92 Å². The highest BCUT2D eigenvalue weighted by Gasteiger charge is 2.19. The Hall–Kier alpha value is -1.26. The van der Waals surface area contributed by atoms with Gasteiger partial charge in [-0.05, 0) is 37.0 Å². The lowest BCUT2D eigenvalue weighted by Crippen LogP contribution is -2.29. The van der Waals surface area contributed by atoms with Crippen molar-refractivity contribution in [1.29, 1.82) is 0 Å². The largest absolute Gasteiger partial charge is 0.504 e. The van der Waals surface area contributed by atoms with Gasteiger partial charge >= 0.3 is 0 Å². The Balaban J connectivity index is 2.85. The molecule has 1 rings (SSSR count). The summed E-state index contributed by atoms with van der Waals surface area (Å²) in [5.41, 5.74) is 6.63. The second-order valence-electron chi connectivity index (χ2n) is 4.90. The van der Waals surface area contributed by atoms with Gasteiger partial charge < -0.3 is 20.7 Å². The normalized spacial score (nSPS) is 14.6. The number of aliphatic hydroxyl groups is 1. The summed E-state index contributed by atoms with van der Waals surface area (Å²) in [5, 5.41) is 19.8. The van der Waals surface area contributed by atoms with E-state index in [-0.39, 0.29) is 11.8 Å². The maximum absolute atomic E-state index is 10.2. The highest BCUT2D eigenvalue weighted by Crippen LogP contribution is 2.30. The molecule has 18 heavy (non-hydrogen) atoms. The number of aromatic hydroxyl groups is 1. The van der Waals surface area contributed by atoms with Crippen molar-refractivity contribution in [1.82, 2.24) is 0 Å². The molecule has 0 aliphatic rings. The molecule has 0 heterocycles. The van der Waals surface area contributed by atoms with Crippen LogP contribution in [0.25, 0.3) is 0 Å². The first-order valence-electron chi connectivity index (χ1n) is 6.35. The molecule has 0 aliphatic carbocycles. The zero-order chi connectivity index (χ0) is 13.7. The first kappa shape index (κ1) is 14.8. The van der Waals surface area contributed by atoms with Gasteiger partial charge in [-0.15, -0.1) is 0 Å². The minimum atomic E-state index is -0.743. The topological polar surface area (TPSA) is 75.7 Å². The molecule has 0 amide bonds. The Bertz CT molecular complexity index is 379. The molecule has 0 aromatic heterocycles. The smallest absolute Gasteiger partial charge is 0.161 e. The fourth-order valence-electron chi connectivity index (χ4n) is 1.91. The van der Waals surface area contributed by atoms with E-state index in [1.165, 1.54) is 6.07 Å². The SMILES string of the molecule is CCOc1cc(C(O)C(N)CC(C)C)ccc1O. The Kier molecular flexibility index (Phi) is 5.44. The quantitative estimate of drug-likeness (QED) is 0.726. The number of aliphatic hydroxyl groups excluding tert-OH is 1. The third kappa shape index (κ3) is 3.89. The van der Waals surface area contributed by atoms with Crippen LogP contribution < -0.4 is 10.5 Å². The van der Waals surface area contributed by atoms with E-state index in [0.717, 1.165) is 6.42 Å². The van der Waals surface area contributed by atoms with E-state index in [1.54, 1.807) is 12.1 Å². The minimum Gasteiger partial charge on any atom is -0.504 e. The highest BCUT2D eigenvalue weighted by molar-refractivity contribution is 5.42. The molecule has 0 spiro atoms. The molecule has 4 heteroatoms. The average Bonchev–Trinajstić information content (AvgIpc) is 2.30. The van der Waals surface area contributed by atoms with Crippen molar-refractivity contribution >= 4 is 0 Å². The lowest BCUT2D eigenvalue weighted by Gasteiger charge is -2.21. The second-order valence-corrected chi connectivity index (χ2v) is 4.90. The van der Waals surface area contributed by atoms with Gasteiger partial charge in [-0.25, -0.2) is 0 Å². The number of benzene rings is 1. The van der Waals surface area contributed by atoms with E-state index in [0.29, 0.717) is 23.8 Å². The fourth-order valence-corrected chi connectivity index (χ4v) is 1.91.